The molecule has 1 saturated carbocycles. The highest BCUT2D eigenvalue weighted by Crippen LogP contribution is 2.38. The number of rotatable bonds is 2. The standard InChI is InChI=1S/C9H11NO5/c1-9(4-5-9)14-8(13)15-10-6(11)2-3-7(10)12/h2-3,11-12H,4-5H2,1H3. The Morgan fingerprint density at radius 1 is 1.40 bits per heavy atom. The van der Waals surface area contributed by atoms with Crippen molar-refractivity contribution in [2.75, 3.05) is 0 Å². The Morgan fingerprint density at radius 2 is 1.93 bits per heavy atom. The Balaban J connectivity index is 1.99. The second kappa shape index (κ2) is 3.08. The van der Waals surface area contributed by atoms with Crippen LogP contribution in [0.3, 0.4) is 0 Å². The number of nitrogens with zero attached hydrogens (tertiary/aromatic N) is 1. The molecule has 1 aliphatic rings. The van der Waals surface area contributed by atoms with Crippen molar-refractivity contribution < 1.29 is 24.6 Å². The van der Waals surface area contributed by atoms with E-state index in [9.17, 15) is 4.79 Å². The second-order valence-corrected chi connectivity index (χ2v) is 3.74. The van der Waals surface area contributed by atoms with Gasteiger partial charge in [0.25, 0.3) is 0 Å². The topological polar surface area (TPSA) is 80.9 Å². The van der Waals surface area contributed by atoms with Gasteiger partial charge in [-0.05, 0) is 19.8 Å². The molecule has 0 unspecified atom stereocenters. The average molecular weight is 213 g/mol. The van der Waals surface area contributed by atoms with Gasteiger partial charge in [0.2, 0.25) is 11.8 Å². The lowest BCUT2D eigenvalue weighted by atomic mass is 10.4. The highest BCUT2D eigenvalue weighted by molar-refractivity contribution is 5.61. The van der Waals surface area contributed by atoms with E-state index >= 15 is 0 Å². The van der Waals surface area contributed by atoms with Gasteiger partial charge < -0.3 is 14.9 Å². The van der Waals surface area contributed by atoms with Gasteiger partial charge in [-0.2, -0.15) is 0 Å². The van der Waals surface area contributed by atoms with Crippen LogP contribution in [0, 0.1) is 0 Å². The van der Waals surface area contributed by atoms with Gasteiger partial charge >= 0.3 is 6.16 Å². The molecular weight excluding hydrogens is 202 g/mol. The molecule has 1 aromatic rings. The lowest BCUT2D eigenvalue weighted by Gasteiger charge is -2.11. The average Bonchev–Trinajstić information content (AvgIpc) is 2.80. The van der Waals surface area contributed by atoms with Crippen molar-refractivity contribution in [3.8, 4) is 11.8 Å². The van der Waals surface area contributed by atoms with Crippen molar-refractivity contribution in [1.82, 2.24) is 4.73 Å². The summed E-state index contributed by atoms with van der Waals surface area (Å²) >= 11 is 0. The quantitative estimate of drug-likeness (QED) is 0.717. The summed E-state index contributed by atoms with van der Waals surface area (Å²) in [6.45, 7) is 1.78. The predicted octanol–water partition coefficient (Wildman–Crippen LogP) is 1.02. The summed E-state index contributed by atoms with van der Waals surface area (Å²) in [5, 5.41) is 18.3. The molecule has 0 bridgehead atoms. The fourth-order valence-corrected chi connectivity index (χ4v) is 1.07. The van der Waals surface area contributed by atoms with Crippen LogP contribution in [0.1, 0.15) is 19.8 Å². The largest absolute Gasteiger partial charge is 0.534 e. The van der Waals surface area contributed by atoms with Crippen molar-refractivity contribution in [3.63, 3.8) is 0 Å². The van der Waals surface area contributed by atoms with E-state index in [0.717, 1.165) is 12.8 Å². The van der Waals surface area contributed by atoms with Gasteiger partial charge in [-0.25, -0.2) is 4.79 Å². The lowest BCUT2D eigenvalue weighted by Crippen LogP contribution is -2.24. The molecule has 0 aliphatic heterocycles. The van der Waals surface area contributed by atoms with Gasteiger partial charge in [0.1, 0.15) is 5.60 Å². The van der Waals surface area contributed by atoms with Crippen LogP contribution in [0.5, 0.6) is 11.8 Å². The maximum Gasteiger partial charge on any atom is 0.534 e. The fraction of sp³-hybridized carbons (Fsp3) is 0.444. The van der Waals surface area contributed by atoms with Crippen LogP contribution in [-0.4, -0.2) is 26.7 Å². The normalized spacial score (nSPS) is 17.1. The predicted molar refractivity (Wildman–Crippen MR) is 48.5 cm³/mol. The Bertz CT molecular complexity index is 374. The number of hydrogen-bond acceptors (Lipinski definition) is 5. The molecule has 1 fully saturated rings. The van der Waals surface area contributed by atoms with Crippen LogP contribution in [0.25, 0.3) is 0 Å². The van der Waals surface area contributed by atoms with E-state index in [1.54, 1.807) is 6.92 Å². The minimum atomic E-state index is -0.947. The van der Waals surface area contributed by atoms with Crippen molar-refractivity contribution >= 4 is 6.16 Å². The molecule has 6 nitrogen and oxygen atoms in total. The first-order valence-corrected chi connectivity index (χ1v) is 4.51. The Labute approximate surface area is 85.6 Å². The van der Waals surface area contributed by atoms with E-state index in [-0.39, 0.29) is 11.8 Å². The molecule has 6 heteroatoms. The summed E-state index contributed by atoms with van der Waals surface area (Å²) in [6.07, 6.45) is 0.647. The summed E-state index contributed by atoms with van der Waals surface area (Å²) < 4.78 is 5.52. The van der Waals surface area contributed by atoms with E-state index in [2.05, 4.69) is 4.84 Å². The molecule has 0 atom stereocenters. The molecule has 2 rings (SSSR count). The van der Waals surface area contributed by atoms with E-state index < -0.39 is 11.8 Å². The lowest BCUT2D eigenvalue weighted by molar-refractivity contribution is 0.00589. The number of carbonyl (C=O) groups excluding carboxylic acids is 1. The highest BCUT2D eigenvalue weighted by Gasteiger charge is 2.42. The first-order valence-electron chi connectivity index (χ1n) is 4.51. The van der Waals surface area contributed by atoms with Gasteiger partial charge in [-0.1, -0.05) is 0 Å². The molecule has 0 spiro atoms. The van der Waals surface area contributed by atoms with E-state index in [1.807, 2.05) is 0 Å². The molecule has 0 saturated heterocycles. The van der Waals surface area contributed by atoms with Crippen molar-refractivity contribution in [2.45, 2.75) is 25.4 Å². The second-order valence-electron chi connectivity index (χ2n) is 3.74. The molecular formula is C9H11NO5. The Hall–Kier alpha value is -1.85. The zero-order chi connectivity index (χ0) is 11.1. The fourth-order valence-electron chi connectivity index (χ4n) is 1.07. The number of ether oxygens (including phenoxy) is 1. The zero-order valence-electron chi connectivity index (χ0n) is 8.14. The van der Waals surface area contributed by atoms with Crippen LogP contribution in [0.2, 0.25) is 0 Å². The maximum absolute atomic E-state index is 11.2. The molecule has 0 amide bonds. The number of aromatic hydroxyl groups is 2. The first kappa shape index (κ1) is 9.70. The Kier molecular flexibility index (Phi) is 1.99. The monoisotopic (exact) mass is 213 g/mol. The third kappa shape index (κ3) is 1.98. The maximum atomic E-state index is 11.2. The first-order chi connectivity index (χ1) is 7.00. The van der Waals surface area contributed by atoms with Crippen LogP contribution in [-0.2, 0) is 4.74 Å². The van der Waals surface area contributed by atoms with Crippen LogP contribution >= 0.6 is 0 Å². The van der Waals surface area contributed by atoms with E-state index in [4.69, 9.17) is 14.9 Å². The summed E-state index contributed by atoms with van der Waals surface area (Å²) in [5.74, 6) is -0.740. The molecule has 1 aliphatic carbocycles. The van der Waals surface area contributed by atoms with Crippen LogP contribution in [0.15, 0.2) is 12.1 Å². The zero-order valence-corrected chi connectivity index (χ0v) is 8.14. The molecule has 82 valence electrons. The summed E-state index contributed by atoms with van der Waals surface area (Å²) in [4.78, 5) is 15.8. The summed E-state index contributed by atoms with van der Waals surface area (Å²) in [5.41, 5.74) is -0.449. The van der Waals surface area contributed by atoms with Crippen molar-refractivity contribution in [3.05, 3.63) is 12.1 Å². The molecule has 1 heterocycles. The van der Waals surface area contributed by atoms with Gasteiger partial charge in [-0.15, -0.1) is 4.73 Å². The Morgan fingerprint density at radius 3 is 2.40 bits per heavy atom. The van der Waals surface area contributed by atoms with Gasteiger partial charge in [0.05, 0.1) is 0 Å². The molecule has 15 heavy (non-hydrogen) atoms. The van der Waals surface area contributed by atoms with E-state index in [0.29, 0.717) is 4.73 Å². The van der Waals surface area contributed by atoms with Gasteiger partial charge in [-0.3, -0.25) is 4.84 Å². The molecule has 2 N–H and O–H groups in total. The van der Waals surface area contributed by atoms with Crippen molar-refractivity contribution in [2.24, 2.45) is 0 Å². The summed E-state index contributed by atoms with van der Waals surface area (Å²) in [7, 11) is 0. The smallest absolute Gasteiger partial charge is 0.492 e. The third-order valence-electron chi connectivity index (χ3n) is 2.25. The van der Waals surface area contributed by atoms with Crippen LogP contribution < -0.4 is 4.84 Å². The minimum Gasteiger partial charge on any atom is -0.492 e. The number of aromatic nitrogens is 1. The minimum absolute atomic E-state index is 0.370. The summed E-state index contributed by atoms with van der Waals surface area (Å²) in [6, 6.07) is 2.39. The van der Waals surface area contributed by atoms with Gasteiger partial charge in [0, 0.05) is 12.1 Å². The van der Waals surface area contributed by atoms with Crippen LogP contribution in [0.4, 0.5) is 4.79 Å². The molecule has 1 aromatic heterocycles. The number of hydrogen-bond donors (Lipinski definition) is 2. The van der Waals surface area contributed by atoms with Crippen molar-refractivity contribution in [1.29, 1.82) is 0 Å². The van der Waals surface area contributed by atoms with Gasteiger partial charge in [0.15, 0.2) is 0 Å². The molecule has 0 radical (unpaired) electrons. The third-order valence-corrected chi connectivity index (χ3v) is 2.25. The number of carbonyl (C=O) groups is 1. The SMILES string of the molecule is CC1(OC(=O)On2c(O)ccc2O)CC1. The molecule has 0 aromatic carbocycles. The highest BCUT2D eigenvalue weighted by atomic mass is 16.8. The van der Waals surface area contributed by atoms with E-state index in [1.165, 1.54) is 12.1 Å².